The molecule has 0 amide bonds. The number of para-hydroxylation sites is 5. The fourth-order valence-electron chi connectivity index (χ4n) is 11.8. The Morgan fingerprint density at radius 3 is 1.24 bits per heavy atom. The average molecular weight is 923 g/mol. The minimum atomic E-state index is -2.92. The van der Waals surface area contributed by atoms with Gasteiger partial charge in [-0.3, -0.25) is 0 Å². The first-order valence-corrected chi connectivity index (χ1v) is 26.4. The number of fused-ring (bicyclic) bond motifs is 9. The first kappa shape index (κ1) is 40.9. The second-order valence-corrected chi connectivity index (χ2v) is 22.3. The standard InChI is InChI=1S/C66H46N4Si/c1-7-23-47(24-8-1)67-59-38-22-20-36-57(59)65-62(67)44-41-56-55-35-19-21-37-58(55)70(66(56)65)50-39-42-60-63(45-50)69(49-27-11-3-12-28-49)64-46-54(40-43-61(64)68(60)48-25-9-2-10-26-48)71(51-29-13-4-14-30-51,52-31-15-5-16-32-52)53-33-17-6-18-34-53/h1-46H. The molecule has 0 radical (unpaired) electrons. The van der Waals surface area contributed by atoms with Gasteiger partial charge in [-0.25, -0.2) is 0 Å². The normalized spacial score (nSPS) is 12.5. The summed E-state index contributed by atoms with van der Waals surface area (Å²) in [5.41, 5.74) is 13.6. The Hall–Kier alpha value is -9.16. The zero-order valence-corrected chi connectivity index (χ0v) is 39.8. The maximum atomic E-state index is 2.52. The Labute approximate surface area is 413 Å². The predicted octanol–water partition coefficient (Wildman–Crippen LogP) is 14.5. The SMILES string of the molecule is c1ccc(N2c3ccc(-n4c5ccccc5c5ccc6c(c7ccccc7n6-c6ccccc6)c54)cc3N(c3ccccc3)c3cc([Si](c4ccccc4)(c4ccccc4)c4ccccc4)ccc32)cc1. The van der Waals surface area contributed by atoms with E-state index in [2.05, 4.69) is 298 Å². The van der Waals surface area contributed by atoms with E-state index in [0.717, 1.165) is 45.5 Å². The van der Waals surface area contributed by atoms with Gasteiger partial charge in [-0.2, -0.15) is 0 Å². The summed E-state index contributed by atoms with van der Waals surface area (Å²) in [7, 11) is -2.92. The second kappa shape index (κ2) is 16.5. The average Bonchev–Trinajstić information content (AvgIpc) is 3.97. The lowest BCUT2D eigenvalue weighted by Gasteiger charge is -2.42. The molecule has 71 heavy (non-hydrogen) atoms. The molecule has 11 aromatic carbocycles. The van der Waals surface area contributed by atoms with Crippen LogP contribution in [0.25, 0.3) is 55.0 Å². The molecule has 0 saturated heterocycles. The van der Waals surface area contributed by atoms with Gasteiger partial charge in [0.25, 0.3) is 0 Å². The van der Waals surface area contributed by atoms with Crippen molar-refractivity contribution in [3.05, 3.63) is 279 Å². The molecule has 0 saturated carbocycles. The molecule has 0 bridgehead atoms. The number of hydrogen-bond donors (Lipinski definition) is 0. The van der Waals surface area contributed by atoms with E-state index in [1.165, 1.54) is 64.4 Å². The van der Waals surface area contributed by atoms with Crippen LogP contribution in [-0.4, -0.2) is 17.2 Å². The molecule has 5 heteroatoms. The smallest absolute Gasteiger partial charge is 0.179 e. The van der Waals surface area contributed by atoms with Gasteiger partial charge < -0.3 is 18.9 Å². The van der Waals surface area contributed by atoms with E-state index < -0.39 is 8.07 Å². The molecule has 2 aromatic heterocycles. The lowest BCUT2D eigenvalue weighted by molar-refractivity contribution is 1.14. The van der Waals surface area contributed by atoms with Gasteiger partial charge in [0, 0.05) is 44.3 Å². The third-order valence-electron chi connectivity index (χ3n) is 14.7. The number of benzene rings is 11. The van der Waals surface area contributed by atoms with Gasteiger partial charge >= 0.3 is 0 Å². The Morgan fingerprint density at radius 2 is 0.676 bits per heavy atom. The summed E-state index contributed by atoms with van der Waals surface area (Å²) in [4.78, 5) is 4.98. The summed E-state index contributed by atoms with van der Waals surface area (Å²) in [5, 5.41) is 10.3. The highest BCUT2D eigenvalue weighted by molar-refractivity contribution is 7.20. The van der Waals surface area contributed by atoms with E-state index in [-0.39, 0.29) is 0 Å². The zero-order chi connectivity index (χ0) is 46.9. The van der Waals surface area contributed by atoms with E-state index in [0.29, 0.717) is 0 Å². The van der Waals surface area contributed by atoms with Gasteiger partial charge in [-0.1, -0.05) is 194 Å². The fraction of sp³-hybridized carbons (Fsp3) is 0. The summed E-state index contributed by atoms with van der Waals surface area (Å²) >= 11 is 0. The molecule has 0 fully saturated rings. The van der Waals surface area contributed by atoms with E-state index in [1.807, 2.05) is 0 Å². The van der Waals surface area contributed by atoms with Crippen LogP contribution in [0.15, 0.2) is 279 Å². The molecule has 1 aliphatic rings. The van der Waals surface area contributed by atoms with Crippen LogP contribution in [0.2, 0.25) is 0 Å². The van der Waals surface area contributed by atoms with Crippen LogP contribution in [0.1, 0.15) is 0 Å². The molecule has 14 rings (SSSR count). The van der Waals surface area contributed by atoms with Crippen molar-refractivity contribution in [2.75, 3.05) is 9.80 Å². The van der Waals surface area contributed by atoms with Crippen molar-refractivity contribution in [1.29, 1.82) is 0 Å². The number of rotatable bonds is 8. The molecular weight excluding hydrogens is 877 g/mol. The molecule has 0 atom stereocenters. The van der Waals surface area contributed by atoms with Crippen LogP contribution < -0.4 is 30.5 Å². The lowest BCUT2D eigenvalue weighted by atomic mass is 10.0. The van der Waals surface area contributed by atoms with Crippen molar-refractivity contribution >= 4 is 107 Å². The number of hydrogen-bond acceptors (Lipinski definition) is 2. The van der Waals surface area contributed by atoms with Crippen molar-refractivity contribution < 1.29 is 0 Å². The molecule has 334 valence electrons. The van der Waals surface area contributed by atoms with Gasteiger partial charge in [0.1, 0.15) is 0 Å². The Morgan fingerprint density at radius 1 is 0.239 bits per heavy atom. The van der Waals surface area contributed by atoms with Crippen LogP contribution >= 0.6 is 0 Å². The van der Waals surface area contributed by atoms with Crippen molar-refractivity contribution in [1.82, 2.24) is 9.13 Å². The van der Waals surface area contributed by atoms with Crippen LogP contribution in [0, 0.1) is 0 Å². The van der Waals surface area contributed by atoms with Gasteiger partial charge in [-0.05, 0) is 106 Å². The van der Waals surface area contributed by atoms with E-state index in [9.17, 15) is 0 Å². The molecule has 4 nitrogen and oxygen atoms in total. The van der Waals surface area contributed by atoms with Crippen LogP contribution in [-0.2, 0) is 0 Å². The summed E-state index contributed by atoms with van der Waals surface area (Å²) in [6.45, 7) is 0. The minimum absolute atomic E-state index is 1.09. The maximum Gasteiger partial charge on any atom is 0.179 e. The number of anilines is 6. The predicted molar refractivity (Wildman–Crippen MR) is 302 cm³/mol. The second-order valence-electron chi connectivity index (χ2n) is 18.5. The van der Waals surface area contributed by atoms with Crippen LogP contribution in [0.4, 0.5) is 34.1 Å². The van der Waals surface area contributed by atoms with Crippen molar-refractivity contribution in [3.63, 3.8) is 0 Å². The molecule has 0 spiro atoms. The number of nitrogens with zero attached hydrogens (tertiary/aromatic N) is 4. The monoisotopic (exact) mass is 922 g/mol. The Balaban J connectivity index is 1.08. The van der Waals surface area contributed by atoms with Crippen molar-refractivity contribution in [3.8, 4) is 11.4 Å². The van der Waals surface area contributed by atoms with Crippen molar-refractivity contribution in [2.45, 2.75) is 0 Å². The maximum absolute atomic E-state index is 2.92. The molecule has 13 aromatic rings. The molecule has 0 N–H and O–H groups in total. The fourth-order valence-corrected chi connectivity index (χ4v) is 16.6. The number of aromatic nitrogens is 2. The molecule has 3 heterocycles. The molecular formula is C66H46N4Si. The van der Waals surface area contributed by atoms with Crippen molar-refractivity contribution in [2.24, 2.45) is 0 Å². The summed E-state index contributed by atoms with van der Waals surface area (Å²) in [5.74, 6) is 0. The van der Waals surface area contributed by atoms with Gasteiger partial charge in [0.05, 0.1) is 44.8 Å². The molecule has 0 aliphatic carbocycles. The largest absolute Gasteiger partial charge is 0.309 e. The van der Waals surface area contributed by atoms with E-state index >= 15 is 0 Å². The lowest BCUT2D eigenvalue weighted by Crippen LogP contribution is -2.74. The van der Waals surface area contributed by atoms with Gasteiger partial charge in [-0.15, -0.1) is 0 Å². The highest BCUT2D eigenvalue weighted by atomic mass is 28.3. The summed E-state index contributed by atoms with van der Waals surface area (Å²) < 4.78 is 4.95. The topological polar surface area (TPSA) is 16.3 Å². The van der Waals surface area contributed by atoms with Crippen LogP contribution in [0.5, 0.6) is 0 Å². The third-order valence-corrected chi connectivity index (χ3v) is 19.5. The summed E-state index contributed by atoms with van der Waals surface area (Å²) in [6.07, 6.45) is 0. The van der Waals surface area contributed by atoms with E-state index in [1.54, 1.807) is 0 Å². The molecule has 0 unspecified atom stereocenters. The first-order chi connectivity index (χ1) is 35.3. The zero-order valence-electron chi connectivity index (χ0n) is 38.8. The highest BCUT2D eigenvalue weighted by Crippen LogP contribution is 2.55. The third kappa shape index (κ3) is 6.23. The highest BCUT2D eigenvalue weighted by Gasteiger charge is 2.43. The summed E-state index contributed by atoms with van der Waals surface area (Å²) in [6, 6.07) is 103. The Kier molecular flexibility index (Phi) is 9.51. The van der Waals surface area contributed by atoms with Gasteiger partial charge in [0.2, 0.25) is 0 Å². The van der Waals surface area contributed by atoms with Gasteiger partial charge in [0.15, 0.2) is 8.07 Å². The van der Waals surface area contributed by atoms with E-state index in [4.69, 9.17) is 0 Å². The quantitative estimate of drug-likeness (QED) is 0.112. The first-order valence-electron chi connectivity index (χ1n) is 24.4. The minimum Gasteiger partial charge on any atom is -0.309 e. The molecule has 1 aliphatic heterocycles. The Bertz CT molecular complexity index is 4000. The van der Waals surface area contributed by atoms with Crippen LogP contribution in [0.3, 0.4) is 0 Å².